The maximum atomic E-state index is 12.4. The molecule has 2 atom stereocenters. The van der Waals surface area contributed by atoms with E-state index in [1.807, 2.05) is 12.2 Å². The number of ether oxygens (including phenoxy) is 1. The first-order valence-electron chi connectivity index (χ1n) is 10.2. The van der Waals surface area contributed by atoms with Crippen LogP contribution in [0.2, 0.25) is 5.02 Å². The van der Waals surface area contributed by atoms with Crippen LogP contribution in [0.4, 0.5) is 5.69 Å². The lowest BCUT2D eigenvalue weighted by molar-refractivity contribution is -0.152. The van der Waals surface area contributed by atoms with Crippen LogP contribution in [0.25, 0.3) is 0 Å². The fourth-order valence-electron chi connectivity index (χ4n) is 3.67. The molecule has 0 aromatic heterocycles. The highest BCUT2D eigenvalue weighted by Crippen LogP contribution is 2.35. The zero-order chi connectivity index (χ0) is 23.3. The fraction of sp³-hybridized carbons (Fsp3) is 0.409. The number of benzene rings is 1. The van der Waals surface area contributed by atoms with Crippen molar-refractivity contribution in [1.29, 1.82) is 0 Å². The first kappa shape index (κ1) is 23.5. The summed E-state index contributed by atoms with van der Waals surface area (Å²) in [6, 6.07) is 6.69. The number of halogens is 1. The van der Waals surface area contributed by atoms with Gasteiger partial charge in [0.05, 0.1) is 35.5 Å². The second kappa shape index (κ2) is 10.4. The van der Waals surface area contributed by atoms with E-state index in [9.17, 15) is 24.0 Å². The molecule has 4 amide bonds. The van der Waals surface area contributed by atoms with Crippen molar-refractivity contribution in [3.63, 3.8) is 0 Å². The van der Waals surface area contributed by atoms with Crippen LogP contribution in [-0.4, -0.2) is 66.1 Å². The Morgan fingerprint density at radius 3 is 2.38 bits per heavy atom. The van der Waals surface area contributed by atoms with Crippen molar-refractivity contribution in [3.05, 3.63) is 41.4 Å². The minimum Gasteiger partial charge on any atom is -0.456 e. The van der Waals surface area contributed by atoms with Crippen LogP contribution in [0, 0.1) is 11.8 Å². The molecule has 9 nitrogen and oxygen atoms in total. The predicted octanol–water partition coefficient (Wildman–Crippen LogP) is 1.62. The summed E-state index contributed by atoms with van der Waals surface area (Å²) in [4.78, 5) is 63.2. The molecule has 1 heterocycles. The molecule has 0 saturated carbocycles. The van der Waals surface area contributed by atoms with Crippen LogP contribution < -0.4 is 5.32 Å². The van der Waals surface area contributed by atoms with Crippen molar-refractivity contribution in [2.45, 2.75) is 19.3 Å². The summed E-state index contributed by atoms with van der Waals surface area (Å²) < 4.78 is 4.95. The summed E-state index contributed by atoms with van der Waals surface area (Å²) in [7, 11) is 1.40. The van der Waals surface area contributed by atoms with Gasteiger partial charge in [-0.05, 0) is 25.0 Å². The number of carbonyl (C=O) groups excluding carboxylic acids is 5. The number of hydrogen-bond donors (Lipinski definition) is 1. The molecule has 1 N–H and O–H groups in total. The van der Waals surface area contributed by atoms with Gasteiger partial charge < -0.3 is 15.0 Å². The van der Waals surface area contributed by atoms with Crippen molar-refractivity contribution in [3.8, 4) is 0 Å². The highest BCUT2D eigenvalue weighted by molar-refractivity contribution is 6.33. The second-order valence-corrected chi connectivity index (χ2v) is 8.08. The number of fused-ring (bicyclic) bond motifs is 1. The number of anilines is 1. The Hall–Kier alpha value is -3.20. The zero-order valence-electron chi connectivity index (χ0n) is 17.6. The van der Waals surface area contributed by atoms with Gasteiger partial charge in [-0.25, -0.2) is 0 Å². The van der Waals surface area contributed by atoms with Crippen LogP contribution in [-0.2, 0) is 28.7 Å². The number of esters is 1. The highest BCUT2D eigenvalue weighted by Gasteiger charge is 2.46. The number of nitrogens with one attached hydrogen (secondary N) is 1. The fourth-order valence-corrected chi connectivity index (χ4v) is 3.86. The lowest BCUT2D eigenvalue weighted by Gasteiger charge is -2.17. The maximum Gasteiger partial charge on any atom is 0.308 e. The lowest BCUT2D eigenvalue weighted by atomic mass is 9.85. The van der Waals surface area contributed by atoms with E-state index in [4.69, 9.17) is 16.3 Å². The van der Waals surface area contributed by atoms with E-state index in [1.165, 1.54) is 7.05 Å². The van der Waals surface area contributed by atoms with Gasteiger partial charge in [0.2, 0.25) is 17.7 Å². The molecule has 10 heteroatoms. The van der Waals surface area contributed by atoms with Crippen molar-refractivity contribution < 1.29 is 28.7 Å². The van der Waals surface area contributed by atoms with Gasteiger partial charge >= 0.3 is 5.97 Å². The van der Waals surface area contributed by atoms with Gasteiger partial charge in [-0.2, -0.15) is 0 Å². The van der Waals surface area contributed by atoms with Crippen molar-refractivity contribution in [2.24, 2.45) is 11.8 Å². The molecule has 2 aliphatic rings. The molecule has 0 spiro atoms. The number of likely N-dealkylation sites (N-methyl/N-ethyl adjacent to an activating group) is 1. The Bertz CT molecular complexity index is 937. The van der Waals surface area contributed by atoms with Crippen LogP contribution in [0.3, 0.4) is 0 Å². The van der Waals surface area contributed by atoms with Crippen molar-refractivity contribution in [2.75, 3.05) is 32.1 Å². The third kappa shape index (κ3) is 5.53. The Balaban J connectivity index is 1.39. The van der Waals surface area contributed by atoms with Crippen molar-refractivity contribution >= 4 is 46.9 Å². The van der Waals surface area contributed by atoms with Gasteiger partial charge in [0.1, 0.15) is 0 Å². The number of para-hydroxylation sites is 1. The number of amides is 4. The minimum absolute atomic E-state index is 0.0756. The summed E-state index contributed by atoms with van der Waals surface area (Å²) in [6.45, 7) is -0.880. The van der Waals surface area contributed by atoms with E-state index in [2.05, 4.69) is 5.32 Å². The summed E-state index contributed by atoms with van der Waals surface area (Å²) in [5.74, 6) is -2.97. The third-order valence-electron chi connectivity index (χ3n) is 5.45. The normalized spacial score (nSPS) is 19.5. The van der Waals surface area contributed by atoms with Crippen molar-refractivity contribution in [1.82, 2.24) is 9.80 Å². The van der Waals surface area contributed by atoms with Crippen LogP contribution in [0.15, 0.2) is 36.4 Å². The first-order chi connectivity index (χ1) is 15.3. The van der Waals surface area contributed by atoms with Crippen LogP contribution in [0.1, 0.15) is 19.3 Å². The third-order valence-corrected chi connectivity index (χ3v) is 5.78. The van der Waals surface area contributed by atoms with Gasteiger partial charge in [-0.15, -0.1) is 0 Å². The molecular weight excluding hydrogens is 438 g/mol. The molecule has 0 bridgehead atoms. The molecule has 1 saturated heterocycles. The van der Waals surface area contributed by atoms with Gasteiger partial charge in [-0.3, -0.25) is 28.9 Å². The molecule has 1 aromatic rings. The van der Waals surface area contributed by atoms with E-state index in [0.29, 0.717) is 23.6 Å². The average molecular weight is 462 g/mol. The number of likely N-dealkylation sites (tertiary alicyclic amines) is 1. The molecule has 1 aliphatic heterocycles. The lowest BCUT2D eigenvalue weighted by Crippen LogP contribution is -2.38. The number of imide groups is 1. The Kier molecular flexibility index (Phi) is 7.63. The number of carbonyl (C=O) groups is 5. The van der Waals surface area contributed by atoms with Crippen LogP contribution >= 0.6 is 11.6 Å². The molecular formula is C22H24ClN3O6. The van der Waals surface area contributed by atoms with Gasteiger partial charge in [0, 0.05) is 13.6 Å². The van der Waals surface area contributed by atoms with Gasteiger partial charge in [0.25, 0.3) is 5.91 Å². The zero-order valence-corrected chi connectivity index (χ0v) is 18.3. The average Bonchev–Trinajstić information content (AvgIpc) is 3.02. The van der Waals surface area contributed by atoms with E-state index >= 15 is 0 Å². The molecule has 0 unspecified atom stereocenters. The quantitative estimate of drug-likeness (QED) is 0.357. The van der Waals surface area contributed by atoms with Crippen LogP contribution in [0.5, 0.6) is 0 Å². The SMILES string of the molecule is CN(CC(=O)Nc1ccccc1Cl)C(=O)COC(=O)CCN1C(=O)[C@@H]2CC=CC[C@H]2C1=O. The molecule has 170 valence electrons. The number of allylic oxidation sites excluding steroid dienone is 2. The molecule has 32 heavy (non-hydrogen) atoms. The van der Waals surface area contributed by atoms with E-state index < -0.39 is 24.4 Å². The van der Waals surface area contributed by atoms with E-state index in [0.717, 1.165) is 9.80 Å². The second-order valence-electron chi connectivity index (χ2n) is 7.67. The molecule has 0 radical (unpaired) electrons. The largest absolute Gasteiger partial charge is 0.456 e. The predicted molar refractivity (Wildman–Crippen MR) is 115 cm³/mol. The van der Waals surface area contributed by atoms with Gasteiger partial charge in [-0.1, -0.05) is 35.9 Å². The smallest absolute Gasteiger partial charge is 0.308 e. The Morgan fingerprint density at radius 2 is 1.75 bits per heavy atom. The Morgan fingerprint density at radius 1 is 1.12 bits per heavy atom. The standard InChI is InChI=1S/C22H24ClN3O6/c1-25(12-18(27)24-17-9-5-4-8-16(17)23)19(28)13-32-20(29)10-11-26-21(30)14-6-2-3-7-15(14)22(26)31/h2-5,8-9,14-15H,6-7,10-13H2,1H3,(H,24,27)/t14-,15-/m1/s1. The summed E-state index contributed by atoms with van der Waals surface area (Å²) >= 11 is 5.98. The number of hydrogen-bond acceptors (Lipinski definition) is 6. The highest BCUT2D eigenvalue weighted by atomic mass is 35.5. The molecule has 1 aliphatic carbocycles. The van der Waals surface area contributed by atoms with Gasteiger partial charge in [0.15, 0.2) is 6.61 Å². The summed E-state index contributed by atoms with van der Waals surface area (Å²) in [5, 5.41) is 2.97. The monoisotopic (exact) mass is 461 g/mol. The topological polar surface area (TPSA) is 113 Å². The molecule has 3 rings (SSSR count). The number of nitrogens with zero attached hydrogens (tertiary/aromatic N) is 2. The maximum absolute atomic E-state index is 12.4. The molecule has 1 fully saturated rings. The summed E-state index contributed by atoms with van der Waals surface area (Å²) in [6.07, 6.45) is 4.64. The summed E-state index contributed by atoms with van der Waals surface area (Å²) in [5.41, 5.74) is 0.424. The molecule has 1 aromatic carbocycles. The van der Waals surface area contributed by atoms with E-state index in [-0.39, 0.29) is 43.2 Å². The van der Waals surface area contributed by atoms with E-state index in [1.54, 1.807) is 24.3 Å². The minimum atomic E-state index is -0.708. The Labute approximate surface area is 190 Å². The number of rotatable bonds is 8. The first-order valence-corrected chi connectivity index (χ1v) is 10.6.